The highest BCUT2D eigenvalue weighted by molar-refractivity contribution is 5.95. The quantitative estimate of drug-likeness (QED) is 0.630. The van der Waals surface area contributed by atoms with Gasteiger partial charge in [-0.3, -0.25) is 9.78 Å². The first-order valence-corrected chi connectivity index (χ1v) is 8.84. The van der Waals surface area contributed by atoms with Crippen LogP contribution in [0.2, 0.25) is 0 Å². The topological polar surface area (TPSA) is 52.0 Å². The van der Waals surface area contributed by atoms with Crippen molar-refractivity contribution in [3.05, 3.63) is 64.8 Å². The van der Waals surface area contributed by atoms with Gasteiger partial charge in [0, 0.05) is 30.3 Å². The molecule has 0 aliphatic heterocycles. The summed E-state index contributed by atoms with van der Waals surface area (Å²) in [4.78, 5) is 28.4. The minimum Gasteiger partial charge on any atom is -0.304 e. The van der Waals surface area contributed by atoms with E-state index in [4.69, 9.17) is 0 Å². The molecule has 2 aromatic heterocycles. The van der Waals surface area contributed by atoms with Crippen molar-refractivity contribution >= 4 is 17.1 Å². The summed E-state index contributed by atoms with van der Waals surface area (Å²) in [5.74, 6) is -2.97. The molecule has 27 heavy (non-hydrogen) atoms. The fourth-order valence-electron chi connectivity index (χ4n) is 3.41. The van der Waals surface area contributed by atoms with Gasteiger partial charge < -0.3 is 9.36 Å². The lowest BCUT2D eigenvalue weighted by Gasteiger charge is -2.18. The minimum absolute atomic E-state index is 0.147. The summed E-state index contributed by atoms with van der Waals surface area (Å²) in [6.45, 7) is 0.778. The Morgan fingerprint density at radius 2 is 1.93 bits per heavy atom. The Morgan fingerprint density at radius 1 is 1.22 bits per heavy atom. The number of carbonyl (C=O) groups excluding carboxylic acids is 1. The smallest absolute Gasteiger partial charge is 0.286 e. The standard InChI is InChI=1S/C21H18F2N2O2/c1-21(22,23)19-9-15-16(10-24-19)20(27)25(18(12-26)14-7-8-14)11-17(15)13-5-3-2-4-6-13/h2-6,9-12,14,18H,7-8H2,1H3. The van der Waals surface area contributed by atoms with E-state index in [9.17, 15) is 18.4 Å². The summed E-state index contributed by atoms with van der Waals surface area (Å²) in [7, 11) is 0. The van der Waals surface area contributed by atoms with Gasteiger partial charge in [0.15, 0.2) is 0 Å². The number of hydrogen-bond acceptors (Lipinski definition) is 3. The Morgan fingerprint density at radius 3 is 2.52 bits per heavy atom. The van der Waals surface area contributed by atoms with Gasteiger partial charge in [-0.15, -0.1) is 0 Å². The van der Waals surface area contributed by atoms with Crippen LogP contribution >= 0.6 is 0 Å². The van der Waals surface area contributed by atoms with Crippen molar-refractivity contribution < 1.29 is 13.6 Å². The van der Waals surface area contributed by atoms with Crippen LogP contribution < -0.4 is 5.56 Å². The molecule has 3 aromatic rings. The number of benzene rings is 1. The minimum atomic E-state index is -3.11. The van der Waals surface area contributed by atoms with Gasteiger partial charge in [0.1, 0.15) is 12.0 Å². The molecular weight excluding hydrogens is 350 g/mol. The molecule has 0 spiro atoms. The van der Waals surface area contributed by atoms with Crippen LogP contribution in [0.5, 0.6) is 0 Å². The van der Waals surface area contributed by atoms with Crippen LogP contribution in [-0.4, -0.2) is 15.8 Å². The molecule has 1 fully saturated rings. The molecule has 1 saturated carbocycles. The number of aldehydes is 1. The molecule has 0 radical (unpaired) electrons. The average molecular weight is 368 g/mol. The van der Waals surface area contributed by atoms with Crippen LogP contribution in [-0.2, 0) is 10.7 Å². The summed E-state index contributed by atoms with van der Waals surface area (Å²) in [6.07, 6.45) is 5.40. The van der Waals surface area contributed by atoms with Gasteiger partial charge in [-0.2, -0.15) is 8.78 Å². The van der Waals surface area contributed by atoms with Crippen LogP contribution in [0.15, 0.2) is 53.6 Å². The second-order valence-corrected chi connectivity index (χ2v) is 7.09. The zero-order valence-corrected chi connectivity index (χ0v) is 14.7. The number of halogens is 2. The maximum Gasteiger partial charge on any atom is 0.286 e. The third-order valence-electron chi connectivity index (χ3n) is 5.03. The Bertz CT molecular complexity index is 1070. The van der Waals surface area contributed by atoms with E-state index >= 15 is 0 Å². The molecule has 0 saturated heterocycles. The third-order valence-corrected chi connectivity index (χ3v) is 5.03. The average Bonchev–Trinajstić information content (AvgIpc) is 3.49. The van der Waals surface area contributed by atoms with E-state index in [1.807, 2.05) is 30.3 Å². The highest BCUT2D eigenvalue weighted by Gasteiger charge is 2.34. The van der Waals surface area contributed by atoms with E-state index in [2.05, 4.69) is 4.98 Å². The summed E-state index contributed by atoms with van der Waals surface area (Å²) in [5.41, 5.74) is 0.643. The van der Waals surface area contributed by atoms with E-state index in [1.54, 1.807) is 6.20 Å². The van der Waals surface area contributed by atoms with E-state index < -0.39 is 17.7 Å². The Kier molecular flexibility index (Phi) is 4.13. The molecule has 4 rings (SSSR count). The molecule has 138 valence electrons. The number of fused-ring (bicyclic) bond motifs is 1. The molecule has 1 aliphatic rings. The fourth-order valence-corrected chi connectivity index (χ4v) is 3.41. The number of aromatic nitrogens is 2. The Hall–Kier alpha value is -2.89. The first kappa shape index (κ1) is 17.5. The van der Waals surface area contributed by atoms with Crippen LogP contribution in [0.4, 0.5) is 8.78 Å². The normalized spacial score (nSPS) is 15.7. The molecule has 1 aliphatic carbocycles. The number of hydrogen-bond donors (Lipinski definition) is 0. The van der Waals surface area contributed by atoms with Crippen molar-refractivity contribution in [2.75, 3.05) is 0 Å². The second kappa shape index (κ2) is 6.37. The van der Waals surface area contributed by atoms with E-state index in [0.717, 1.165) is 31.6 Å². The van der Waals surface area contributed by atoms with Crippen molar-refractivity contribution in [2.45, 2.75) is 31.7 Å². The third kappa shape index (κ3) is 3.16. The van der Waals surface area contributed by atoms with Gasteiger partial charge in [0.2, 0.25) is 0 Å². The van der Waals surface area contributed by atoms with Crippen molar-refractivity contribution in [3.63, 3.8) is 0 Å². The molecule has 0 amide bonds. The van der Waals surface area contributed by atoms with Gasteiger partial charge in [-0.05, 0) is 30.4 Å². The molecule has 1 atom stereocenters. The zero-order chi connectivity index (χ0) is 19.2. The lowest BCUT2D eigenvalue weighted by atomic mass is 9.99. The predicted octanol–water partition coefficient (Wildman–Crippen LogP) is 4.33. The first-order valence-electron chi connectivity index (χ1n) is 8.84. The van der Waals surface area contributed by atoms with Crippen LogP contribution in [0, 0.1) is 5.92 Å². The number of alkyl halides is 2. The number of rotatable bonds is 5. The molecule has 2 heterocycles. The van der Waals surface area contributed by atoms with Gasteiger partial charge >= 0.3 is 0 Å². The second-order valence-electron chi connectivity index (χ2n) is 7.09. The van der Waals surface area contributed by atoms with Crippen LogP contribution in [0.3, 0.4) is 0 Å². The van der Waals surface area contributed by atoms with Crippen molar-refractivity contribution in [3.8, 4) is 11.1 Å². The highest BCUT2D eigenvalue weighted by atomic mass is 19.3. The van der Waals surface area contributed by atoms with Crippen molar-refractivity contribution in [1.82, 2.24) is 9.55 Å². The summed E-state index contributed by atoms with van der Waals surface area (Å²) >= 11 is 0. The predicted molar refractivity (Wildman–Crippen MR) is 98.8 cm³/mol. The molecular formula is C21H18F2N2O2. The lowest BCUT2D eigenvalue weighted by Crippen LogP contribution is -2.27. The maximum absolute atomic E-state index is 13.8. The van der Waals surface area contributed by atoms with Gasteiger partial charge in [0.05, 0.1) is 11.4 Å². The van der Waals surface area contributed by atoms with Gasteiger partial charge in [-0.1, -0.05) is 30.3 Å². The van der Waals surface area contributed by atoms with Crippen LogP contribution in [0.1, 0.15) is 31.5 Å². The summed E-state index contributed by atoms with van der Waals surface area (Å²) < 4.78 is 29.0. The molecule has 0 N–H and O–H groups in total. The largest absolute Gasteiger partial charge is 0.304 e. The molecule has 1 aromatic carbocycles. The van der Waals surface area contributed by atoms with Crippen LogP contribution in [0.25, 0.3) is 21.9 Å². The van der Waals surface area contributed by atoms with E-state index in [0.29, 0.717) is 10.9 Å². The zero-order valence-electron chi connectivity index (χ0n) is 14.7. The highest BCUT2D eigenvalue weighted by Crippen LogP contribution is 2.39. The Labute approximate surface area is 154 Å². The van der Waals surface area contributed by atoms with Crippen molar-refractivity contribution in [1.29, 1.82) is 0 Å². The Balaban J connectivity index is 2.04. The summed E-state index contributed by atoms with van der Waals surface area (Å²) in [5, 5.41) is 0.645. The van der Waals surface area contributed by atoms with Gasteiger partial charge in [-0.25, -0.2) is 0 Å². The van der Waals surface area contributed by atoms with Crippen molar-refractivity contribution in [2.24, 2.45) is 5.92 Å². The number of nitrogens with zero attached hydrogens (tertiary/aromatic N) is 2. The molecule has 4 nitrogen and oxygen atoms in total. The van der Waals surface area contributed by atoms with Gasteiger partial charge in [0.25, 0.3) is 11.5 Å². The monoisotopic (exact) mass is 368 g/mol. The molecule has 0 bridgehead atoms. The lowest BCUT2D eigenvalue weighted by molar-refractivity contribution is -0.111. The molecule has 6 heteroatoms. The number of pyridine rings is 2. The molecule has 1 unspecified atom stereocenters. The maximum atomic E-state index is 13.8. The summed E-state index contributed by atoms with van der Waals surface area (Å²) in [6, 6.07) is 9.96. The first-order chi connectivity index (χ1) is 12.9. The SMILES string of the molecule is CC(F)(F)c1cc2c(-c3ccccc3)cn(C(C=O)C3CC3)c(=O)c2cn1. The van der Waals surface area contributed by atoms with E-state index in [1.165, 1.54) is 16.8 Å². The number of carbonyl (C=O) groups is 1. The van der Waals surface area contributed by atoms with E-state index in [-0.39, 0.29) is 16.9 Å². The fraction of sp³-hybridized carbons (Fsp3) is 0.286.